The van der Waals surface area contributed by atoms with E-state index in [1.54, 1.807) is 10.9 Å². The molecule has 102 valence electrons. The predicted octanol–water partition coefficient (Wildman–Crippen LogP) is -0.745. The van der Waals surface area contributed by atoms with E-state index in [-0.39, 0.29) is 11.2 Å². The van der Waals surface area contributed by atoms with Gasteiger partial charge in [-0.15, -0.1) is 0 Å². The highest BCUT2D eigenvalue weighted by Gasteiger charge is 2.04. The monoisotopic (exact) mass is 263 g/mol. The summed E-state index contributed by atoms with van der Waals surface area (Å²) < 4.78 is 4.47. The van der Waals surface area contributed by atoms with Crippen LogP contribution in [0.4, 0.5) is 0 Å². The smallest absolute Gasteiger partial charge is 0.330 e. The topological polar surface area (TPSA) is 87.8 Å². The highest BCUT2D eigenvalue weighted by molar-refractivity contribution is 4.86. The molecule has 2 N–H and O–H groups in total. The minimum absolute atomic E-state index is 0.284. The molecule has 0 saturated carbocycles. The number of nitrogens with two attached hydrogens (primary N) is 1. The molecule has 7 nitrogen and oxygen atoms in total. The fourth-order valence-electron chi connectivity index (χ4n) is 1.83. The van der Waals surface area contributed by atoms with Crippen LogP contribution in [0.1, 0.15) is 6.42 Å². The van der Waals surface area contributed by atoms with Crippen LogP contribution in [0.25, 0.3) is 0 Å². The summed E-state index contributed by atoms with van der Waals surface area (Å²) in [6.07, 6.45) is 5.64. The van der Waals surface area contributed by atoms with Crippen LogP contribution < -0.4 is 17.0 Å². The van der Waals surface area contributed by atoms with Crippen molar-refractivity contribution in [2.75, 3.05) is 6.54 Å². The van der Waals surface area contributed by atoms with Crippen LogP contribution >= 0.6 is 0 Å². The van der Waals surface area contributed by atoms with Gasteiger partial charge in [-0.1, -0.05) is 0 Å². The molecule has 0 spiro atoms. The molecule has 2 aromatic rings. The Hall–Kier alpha value is -2.15. The molecule has 0 aliphatic rings. The molecule has 2 heterocycles. The standard InChI is InChI=1S/C12H17N5O2/c13-4-1-7-17-11(18)3-8-15(12(17)19)9-10-16-6-2-5-14-16/h2-3,5-6,8H,1,4,7,9-10,13H2. The third kappa shape index (κ3) is 3.19. The molecular formula is C12H17N5O2. The third-order valence-electron chi connectivity index (χ3n) is 2.85. The summed E-state index contributed by atoms with van der Waals surface area (Å²) in [7, 11) is 0. The Balaban J connectivity index is 2.17. The summed E-state index contributed by atoms with van der Waals surface area (Å²) in [6.45, 7) is 1.87. The molecule has 0 saturated heterocycles. The van der Waals surface area contributed by atoms with Crippen LogP contribution in [0.15, 0.2) is 40.3 Å². The number of nitrogens with zero attached hydrogens (tertiary/aromatic N) is 4. The highest BCUT2D eigenvalue weighted by atomic mass is 16.2. The lowest BCUT2D eigenvalue weighted by Crippen LogP contribution is -2.39. The number of hydrogen-bond acceptors (Lipinski definition) is 4. The molecule has 0 amide bonds. The normalized spacial score (nSPS) is 10.8. The molecule has 7 heteroatoms. The summed E-state index contributed by atoms with van der Waals surface area (Å²) in [5.41, 5.74) is 4.82. The van der Waals surface area contributed by atoms with Gasteiger partial charge in [0.1, 0.15) is 0 Å². The Kier molecular flexibility index (Phi) is 4.30. The van der Waals surface area contributed by atoms with E-state index in [4.69, 9.17) is 5.73 Å². The van der Waals surface area contributed by atoms with E-state index in [2.05, 4.69) is 5.10 Å². The zero-order chi connectivity index (χ0) is 13.7. The second kappa shape index (κ2) is 6.14. The number of aromatic nitrogens is 4. The van der Waals surface area contributed by atoms with E-state index in [9.17, 15) is 9.59 Å². The maximum Gasteiger partial charge on any atom is 0.331 e. The summed E-state index contributed by atoms with van der Waals surface area (Å²) >= 11 is 0. The molecule has 2 aromatic heterocycles. The van der Waals surface area contributed by atoms with Gasteiger partial charge in [-0.2, -0.15) is 5.10 Å². The number of rotatable bonds is 6. The fourth-order valence-corrected chi connectivity index (χ4v) is 1.83. The molecule has 0 bridgehead atoms. The first-order chi connectivity index (χ1) is 9.22. The molecular weight excluding hydrogens is 246 g/mol. The molecule has 0 fully saturated rings. The van der Waals surface area contributed by atoms with Gasteiger partial charge in [0, 0.05) is 37.7 Å². The Morgan fingerprint density at radius 2 is 2.00 bits per heavy atom. The second-order valence-corrected chi connectivity index (χ2v) is 4.19. The summed E-state index contributed by atoms with van der Waals surface area (Å²) in [6, 6.07) is 3.23. The largest absolute Gasteiger partial charge is 0.331 e. The van der Waals surface area contributed by atoms with Crippen LogP contribution in [-0.2, 0) is 19.6 Å². The Labute approximate surface area is 109 Å². The van der Waals surface area contributed by atoms with E-state index in [0.29, 0.717) is 32.6 Å². The van der Waals surface area contributed by atoms with Crippen LogP contribution in [0, 0.1) is 0 Å². The predicted molar refractivity (Wildman–Crippen MR) is 70.9 cm³/mol. The zero-order valence-electron chi connectivity index (χ0n) is 10.6. The van der Waals surface area contributed by atoms with Crippen LogP contribution in [-0.4, -0.2) is 25.5 Å². The van der Waals surface area contributed by atoms with E-state index < -0.39 is 0 Å². The quantitative estimate of drug-likeness (QED) is 0.743. The van der Waals surface area contributed by atoms with Crippen molar-refractivity contribution in [1.82, 2.24) is 18.9 Å². The average molecular weight is 263 g/mol. The molecule has 0 radical (unpaired) electrons. The maximum atomic E-state index is 12.1. The van der Waals surface area contributed by atoms with Crippen molar-refractivity contribution in [3.05, 3.63) is 51.6 Å². The summed E-state index contributed by atoms with van der Waals surface area (Å²) in [5, 5.41) is 4.07. The van der Waals surface area contributed by atoms with Crippen molar-refractivity contribution >= 4 is 0 Å². The van der Waals surface area contributed by atoms with Gasteiger partial charge in [0.15, 0.2) is 0 Å². The van der Waals surface area contributed by atoms with E-state index in [1.807, 2.05) is 12.3 Å². The van der Waals surface area contributed by atoms with Crippen molar-refractivity contribution in [3.8, 4) is 0 Å². The van der Waals surface area contributed by atoms with Gasteiger partial charge < -0.3 is 5.73 Å². The minimum Gasteiger partial charge on any atom is -0.330 e. The third-order valence-corrected chi connectivity index (χ3v) is 2.85. The molecule has 0 unspecified atom stereocenters. The average Bonchev–Trinajstić information content (AvgIpc) is 2.91. The first-order valence-electron chi connectivity index (χ1n) is 6.20. The number of aryl methyl sites for hydroxylation is 2. The van der Waals surface area contributed by atoms with Gasteiger partial charge in [0.2, 0.25) is 0 Å². The zero-order valence-corrected chi connectivity index (χ0v) is 10.6. The summed E-state index contributed by atoms with van der Waals surface area (Å²) in [5.74, 6) is 0. The van der Waals surface area contributed by atoms with Crippen LogP contribution in [0.5, 0.6) is 0 Å². The SMILES string of the molecule is NCCCn1c(=O)ccn(CCn2cccn2)c1=O. The second-order valence-electron chi connectivity index (χ2n) is 4.19. The van der Waals surface area contributed by atoms with Crippen LogP contribution in [0.2, 0.25) is 0 Å². The molecule has 2 rings (SSSR count). The van der Waals surface area contributed by atoms with Crippen LogP contribution in [0.3, 0.4) is 0 Å². The highest BCUT2D eigenvalue weighted by Crippen LogP contribution is 1.88. The lowest BCUT2D eigenvalue weighted by Gasteiger charge is -2.09. The van der Waals surface area contributed by atoms with Gasteiger partial charge in [-0.05, 0) is 19.0 Å². The van der Waals surface area contributed by atoms with Crippen molar-refractivity contribution in [1.29, 1.82) is 0 Å². The number of hydrogen-bond donors (Lipinski definition) is 1. The van der Waals surface area contributed by atoms with E-state index in [1.165, 1.54) is 21.4 Å². The van der Waals surface area contributed by atoms with Crippen molar-refractivity contribution in [2.45, 2.75) is 26.1 Å². The first-order valence-corrected chi connectivity index (χ1v) is 6.20. The Morgan fingerprint density at radius 1 is 1.16 bits per heavy atom. The molecule has 0 aromatic carbocycles. The minimum atomic E-state index is -0.298. The van der Waals surface area contributed by atoms with Gasteiger partial charge >= 0.3 is 5.69 Å². The van der Waals surface area contributed by atoms with Gasteiger partial charge in [-0.3, -0.25) is 18.6 Å². The summed E-state index contributed by atoms with van der Waals surface area (Å²) in [4.78, 5) is 23.7. The van der Waals surface area contributed by atoms with E-state index >= 15 is 0 Å². The Bertz CT molecular complexity index is 626. The maximum absolute atomic E-state index is 12.1. The van der Waals surface area contributed by atoms with Crippen molar-refractivity contribution in [2.24, 2.45) is 5.73 Å². The fraction of sp³-hybridized carbons (Fsp3) is 0.417. The lowest BCUT2D eigenvalue weighted by atomic mass is 10.4. The van der Waals surface area contributed by atoms with Gasteiger partial charge in [-0.25, -0.2) is 4.79 Å². The Morgan fingerprint density at radius 3 is 2.68 bits per heavy atom. The molecule has 0 aliphatic heterocycles. The van der Waals surface area contributed by atoms with Gasteiger partial charge in [0.25, 0.3) is 5.56 Å². The lowest BCUT2D eigenvalue weighted by molar-refractivity contribution is 0.484. The molecule has 0 aliphatic carbocycles. The van der Waals surface area contributed by atoms with Gasteiger partial charge in [0.05, 0.1) is 6.54 Å². The molecule has 0 atom stereocenters. The molecule has 19 heavy (non-hydrogen) atoms. The first kappa shape index (κ1) is 13.3. The van der Waals surface area contributed by atoms with Crippen molar-refractivity contribution < 1.29 is 0 Å². The van der Waals surface area contributed by atoms with Crippen molar-refractivity contribution in [3.63, 3.8) is 0 Å². The van der Waals surface area contributed by atoms with E-state index in [0.717, 1.165) is 0 Å².